The van der Waals surface area contributed by atoms with Gasteiger partial charge in [0.15, 0.2) is 0 Å². The van der Waals surface area contributed by atoms with E-state index in [2.05, 4.69) is 15.2 Å². The first-order valence-electron chi connectivity index (χ1n) is 4.97. The second-order valence-corrected chi connectivity index (χ2v) is 4.37. The third-order valence-electron chi connectivity index (χ3n) is 2.70. The van der Waals surface area contributed by atoms with E-state index in [-0.39, 0.29) is 12.4 Å². The lowest BCUT2D eigenvalue weighted by Crippen LogP contribution is -2.39. The van der Waals surface area contributed by atoms with Gasteiger partial charge in [0.05, 0.1) is 23.1 Å². The minimum atomic E-state index is 0. The average Bonchev–Trinajstić information content (AvgIpc) is 2.70. The van der Waals surface area contributed by atoms with Gasteiger partial charge in [-0.1, -0.05) is 23.2 Å². The molecule has 0 aromatic carbocycles. The van der Waals surface area contributed by atoms with Crippen LogP contribution in [0.25, 0.3) is 0 Å². The number of halogens is 3. The summed E-state index contributed by atoms with van der Waals surface area (Å²) in [5, 5.41) is 4.14. The SMILES string of the molecule is CNC1CCCN1c1cnc(Cl)c(Cl)c1.Cl. The molecule has 3 nitrogen and oxygen atoms in total. The maximum atomic E-state index is 5.94. The Bertz CT molecular complexity index is 359. The molecule has 1 unspecified atom stereocenters. The van der Waals surface area contributed by atoms with Gasteiger partial charge in [-0.3, -0.25) is 0 Å². The molecule has 0 spiro atoms. The van der Waals surface area contributed by atoms with Crippen LogP contribution < -0.4 is 10.2 Å². The van der Waals surface area contributed by atoms with Crippen LogP contribution >= 0.6 is 35.6 Å². The first-order chi connectivity index (χ1) is 7.22. The van der Waals surface area contributed by atoms with E-state index in [1.165, 1.54) is 6.42 Å². The Balaban J connectivity index is 0.00000128. The van der Waals surface area contributed by atoms with Crippen molar-refractivity contribution in [3.05, 3.63) is 22.4 Å². The number of nitrogens with one attached hydrogen (secondary N) is 1. The normalized spacial score (nSPS) is 19.7. The van der Waals surface area contributed by atoms with Crippen molar-refractivity contribution in [2.24, 2.45) is 0 Å². The Morgan fingerprint density at radius 2 is 2.25 bits per heavy atom. The molecule has 1 aromatic heterocycles. The maximum Gasteiger partial charge on any atom is 0.147 e. The van der Waals surface area contributed by atoms with Gasteiger partial charge in [0.2, 0.25) is 0 Å². The summed E-state index contributed by atoms with van der Waals surface area (Å²) < 4.78 is 0. The molecule has 90 valence electrons. The summed E-state index contributed by atoms with van der Waals surface area (Å²) in [5.41, 5.74) is 1.03. The number of anilines is 1. The van der Waals surface area contributed by atoms with Crippen molar-refractivity contribution in [1.29, 1.82) is 0 Å². The van der Waals surface area contributed by atoms with Crippen LogP contribution in [0.3, 0.4) is 0 Å². The molecule has 0 bridgehead atoms. The summed E-state index contributed by atoms with van der Waals surface area (Å²) in [7, 11) is 1.97. The zero-order valence-electron chi connectivity index (χ0n) is 8.91. The molecule has 2 heterocycles. The summed E-state index contributed by atoms with van der Waals surface area (Å²) in [6.07, 6.45) is 4.48. The number of pyridine rings is 1. The van der Waals surface area contributed by atoms with Crippen molar-refractivity contribution < 1.29 is 0 Å². The molecular weight excluding hydrogens is 268 g/mol. The van der Waals surface area contributed by atoms with E-state index < -0.39 is 0 Å². The maximum absolute atomic E-state index is 5.94. The summed E-state index contributed by atoms with van der Waals surface area (Å²) in [6.45, 7) is 1.03. The van der Waals surface area contributed by atoms with Gasteiger partial charge in [-0.05, 0) is 26.0 Å². The largest absolute Gasteiger partial charge is 0.355 e. The van der Waals surface area contributed by atoms with E-state index in [4.69, 9.17) is 23.2 Å². The molecule has 1 saturated heterocycles. The number of rotatable bonds is 2. The molecule has 2 rings (SSSR count). The lowest BCUT2D eigenvalue weighted by Gasteiger charge is -2.26. The predicted molar refractivity (Wildman–Crippen MR) is 70.9 cm³/mol. The first-order valence-corrected chi connectivity index (χ1v) is 5.73. The standard InChI is InChI=1S/C10H13Cl2N3.ClH/c1-13-9-3-2-4-15(9)7-5-8(11)10(12)14-6-7;/h5-6,9,13H,2-4H2,1H3;1H. The summed E-state index contributed by atoms with van der Waals surface area (Å²) >= 11 is 11.7. The zero-order valence-corrected chi connectivity index (χ0v) is 11.2. The van der Waals surface area contributed by atoms with E-state index in [0.717, 1.165) is 18.7 Å². The average molecular weight is 283 g/mol. The van der Waals surface area contributed by atoms with Gasteiger partial charge in [-0.25, -0.2) is 4.98 Å². The van der Waals surface area contributed by atoms with Gasteiger partial charge in [0.25, 0.3) is 0 Å². The quantitative estimate of drug-likeness (QED) is 0.845. The third-order valence-corrected chi connectivity index (χ3v) is 3.39. The number of aromatic nitrogens is 1. The van der Waals surface area contributed by atoms with Crippen LogP contribution in [0.2, 0.25) is 10.2 Å². The third kappa shape index (κ3) is 2.72. The smallest absolute Gasteiger partial charge is 0.147 e. The van der Waals surface area contributed by atoms with Gasteiger partial charge < -0.3 is 10.2 Å². The molecule has 0 saturated carbocycles. The summed E-state index contributed by atoms with van der Waals surface area (Å²) in [6, 6.07) is 1.87. The molecule has 0 aliphatic carbocycles. The Hall–Kier alpha value is -0.220. The molecule has 16 heavy (non-hydrogen) atoms. The molecule has 1 aliphatic rings. The van der Waals surface area contributed by atoms with Crippen molar-refractivity contribution in [2.75, 3.05) is 18.5 Å². The highest BCUT2D eigenvalue weighted by Crippen LogP contribution is 2.28. The van der Waals surface area contributed by atoms with Crippen molar-refractivity contribution in [1.82, 2.24) is 10.3 Å². The fourth-order valence-electron chi connectivity index (χ4n) is 1.94. The van der Waals surface area contributed by atoms with Crippen molar-refractivity contribution in [3.63, 3.8) is 0 Å². The van der Waals surface area contributed by atoms with E-state index >= 15 is 0 Å². The molecule has 1 aromatic rings. The highest BCUT2D eigenvalue weighted by Gasteiger charge is 2.23. The van der Waals surface area contributed by atoms with Crippen LogP contribution in [0.15, 0.2) is 12.3 Å². The number of hydrogen-bond donors (Lipinski definition) is 1. The minimum Gasteiger partial charge on any atom is -0.355 e. The molecule has 1 atom stereocenters. The van der Waals surface area contributed by atoms with E-state index in [1.54, 1.807) is 6.20 Å². The monoisotopic (exact) mass is 281 g/mol. The van der Waals surface area contributed by atoms with Crippen LogP contribution in [0, 0.1) is 0 Å². The van der Waals surface area contributed by atoms with Crippen LogP contribution in [-0.2, 0) is 0 Å². The van der Waals surface area contributed by atoms with Crippen LogP contribution in [0.4, 0.5) is 5.69 Å². The lowest BCUT2D eigenvalue weighted by atomic mass is 10.3. The van der Waals surface area contributed by atoms with Gasteiger partial charge >= 0.3 is 0 Å². The molecule has 0 radical (unpaired) electrons. The van der Waals surface area contributed by atoms with Gasteiger partial charge in [0, 0.05) is 6.54 Å². The van der Waals surface area contributed by atoms with Gasteiger partial charge in [0.1, 0.15) is 5.15 Å². The van der Waals surface area contributed by atoms with E-state index in [1.807, 2.05) is 13.1 Å². The molecule has 6 heteroatoms. The lowest BCUT2D eigenvalue weighted by molar-refractivity contribution is 0.582. The Labute approximate surface area is 112 Å². The van der Waals surface area contributed by atoms with Crippen molar-refractivity contribution in [2.45, 2.75) is 19.0 Å². The highest BCUT2D eigenvalue weighted by molar-refractivity contribution is 6.41. The molecule has 0 amide bonds. The zero-order chi connectivity index (χ0) is 10.8. The van der Waals surface area contributed by atoms with Gasteiger partial charge in [-0.15, -0.1) is 12.4 Å². The molecule has 1 fully saturated rings. The highest BCUT2D eigenvalue weighted by atomic mass is 35.5. The number of nitrogens with zero attached hydrogens (tertiary/aromatic N) is 2. The fraction of sp³-hybridized carbons (Fsp3) is 0.500. The molecular formula is C10H14Cl3N3. The summed E-state index contributed by atoms with van der Waals surface area (Å²) in [4.78, 5) is 6.32. The van der Waals surface area contributed by atoms with Crippen molar-refractivity contribution >= 4 is 41.3 Å². The molecule has 1 N–H and O–H groups in total. The number of hydrogen-bond acceptors (Lipinski definition) is 3. The fourth-order valence-corrected chi connectivity index (χ4v) is 2.21. The minimum absolute atomic E-state index is 0. The second-order valence-electron chi connectivity index (χ2n) is 3.61. The Morgan fingerprint density at radius 1 is 1.50 bits per heavy atom. The van der Waals surface area contributed by atoms with E-state index in [9.17, 15) is 0 Å². The van der Waals surface area contributed by atoms with Crippen LogP contribution in [0.1, 0.15) is 12.8 Å². The van der Waals surface area contributed by atoms with Gasteiger partial charge in [-0.2, -0.15) is 0 Å². The first kappa shape index (κ1) is 13.8. The van der Waals surface area contributed by atoms with Crippen LogP contribution in [-0.4, -0.2) is 24.7 Å². The van der Waals surface area contributed by atoms with Crippen molar-refractivity contribution in [3.8, 4) is 0 Å². The Kier molecular flexibility index (Phi) is 5.12. The van der Waals surface area contributed by atoms with E-state index in [0.29, 0.717) is 16.3 Å². The second kappa shape index (κ2) is 5.92. The topological polar surface area (TPSA) is 28.2 Å². The summed E-state index contributed by atoms with van der Waals surface area (Å²) in [5.74, 6) is 0. The Morgan fingerprint density at radius 3 is 2.88 bits per heavy atom. The molecule has 1 aliphatic heterocycles. The van der Waals surface area contributed by atoms with Crippen LogP contribution in [0.5, 0.6) is 0 Å². The predicted octanol–water partition coefficient (Wildman–Crippen LogP) is 2.96.